The smallest absolute Gasteiger partial charge is 0.323 e. The van der Waals surface area contributed by atoms with Crippen LogP contribution >= 0.6 is 27.7 Å². The molecular formula is C16H14BrN3O2S. The van der Waals surface area contributed by atoms with E-state index in [2.05, 4.69) is 31.2 Å². The van der Waals surface area contributed by atoms with Crippen LogP contribution in [0.2, 0.25) is 0 Å². The van der Waals surface area contributed by atoms with Crippen LogP contribution in [0.15, 0.2) is 50.6 Å². The van der Waals surface area contributed by atoms with E-state index < -0.39 is 0 Å². The second kappa shape index (κ2) is 6.64. The summed E-state index contributed by atoms with van der Waals surface area (Å²) in [5, 5.41) is 2.84. The van der Waals surface area contributed by atoms with E-state index in [1.807, 2.05) is 25.1 Å². The van der Waals surface area contributed by atoms with Crippen LogP contribution < -0.4 is 11.0 Å². The molecule has 0 radical (unpaired) electrons. The number of anilines is 1. The number of thioether (sulfide) groups is 1. The Hall–Kier alpha value is -1.99. The number of nitrogens with one attached hydrogen (secondary N) is 3. The zero-order valence-corrected chi connectivity index (χ0v) is 14.7. The van der Waals surface area contributed by atoms with Gasteiger partial charge in [0.05, 0.1) is 16.8 Å². The molecule has 118 valence electrons. The van der Waals surface area contributed by atoms with Crippen molar-refractivity contribution < 1.29 is 4.79 Å². The van der Waals surface area contributed by atoms with Gasteiger partial charge in [-0.3, -0.25) is 4.79 Å². The minimum absolute atomic E-state index is 0.0884. The van der Waals surface area contributed by atoms with Crippen molar-refractivity contribution in [3.63, 3.8) is 0 Å². The highest BCUT2D eigenvalue weighted by Crippen LogP contribution is 2.25. The Balaban J connectivity index is 1.64. The van der Waals surface area contributed by atoms with E-state index in [-0.39, 0.29) is 11.6 Å². The maximum atomic E-state index is 12.1. The van der Waals surface area contributed by atoms with Crippen LogP contribution in [0.1, 0.15) is 5.56 Å². The van der Waals surface area contributed by atoms with Crippen LogP contribution in [0, 0.1) is 6.92 Å². The Kier molecular flexibility index (Phi) is 4.58. The maximum absolute atomic E-state index is 12.1. The lowest BCUT2D eigenvalue weighted by Gasteiger charge is -2.07. The molecule has 0 bridgehead atoms. The van der Waals surface area contributed by atoms with Gasteiger partial charge >= 0.3 is 5.69 Å². The Morgan fingerprint density at radius 3 is 2.74 bits per heavy atom. The van der Waals surface area contributed by atoms with E-state index in [1.54, 1.807) is 18.2 Å². The van der Waals surface area contributed by atoms with Crippen molar-refractivity contribution >= 4 is 50.3 Å². The summed E-state index contributed by atoms with van der Waals surface area (Å²) in [5.74, 6) is 0.235. The summed E-state index contributed by atoms with van der Waals surface area (Å²) in [6.07, 6.45) is 0. The van der Waals surface area contributed by atoms with Gasteiger partial charge in [-0.15, -0.1) is 11.8 Å². The fraction of sp³-hybridized carbons (Fsp3) is 0.125. The van der Waals surface area contributed by atoms with Crippen LogP contribution in [-0.2, 0) is 4.79 Å². The SMILES string of the molecule is Cc1cc(Br)ccc1SCC(=O)Nc1ccc2[nH]c(=O)[nH]c2c1. The summed E-state index contributed by atoms with van der Waals surface area (Å²) in [6.45, 7) is 2.02. The third kappa shape index (κ3) is 3.86. The number of carbonyl (C=O) groups is 1. The monoisotopic (exact) mass is 391 g/mol. The van der Waals surface area contributed by atoms with Gasteiger partial charge in [-0.1, -0.05) is 15.9 Å². The number of aromatic amines is 2. The summed E-state index contributed by atoms with van der Waals surface area (Å²) in [4.78, 5) is 29.7. The van der Waals surface area contributed by atoms with Crippen molar-refractivity contribution in [1.82, 2.24) is 9.97 Å². The number of amides is 1. The lowest BCUT2D eigenvalue weighted by Crippen LogP contribution is -2.14. The lowest BCUT2D eigenvalue weighted by molar-refractivity contribution is -0.113. The van der Waals surface area contributed by atoms with Crippen LogP contribution in [-0.4, -0.2) is 21.6 Å². The van der Waals surface area contributed by atoms with Gasteiger partial charge < -0.3 is 15.3 Å². The van der Waals surface area contributed by atoms with E-state index >= 15 is 0 Å². The fourth-order valence-corrected chi connectivity index (χ4v) is 3.51. The molecule has 0 aliphatic carbocycles. The zero-order chi connectivity index (χ0) is 16.4. The molecule has 0 atom stereocenters. The van der Waals surface area contributed by atoms with Crippen molar-refractivity contribution in [2.24, 2.45) is 0 Å². The molecule has 3 rings (SSSR count). The fourth-order valence-electron chi connectivity index (χ4n) is 2.23. The molecule has 0 aliphatic rings. The molecule has 0 aliphatic heterocycles. The summed E-state index contributed by atoms with van der Waals surface area (Å²) in [6, 6.07) is 11.2. The molecule has 0 saturated heterocycles. The first-order chi connectivity index (χ1) is 11.0. The predicted octanol–water partition coefficient (Wildman–Crippen LogP) is 3.66. The van der Waals surface area contributed by atoms with Gasteiger partial charge in [-0.25, -0.2) is 4.79 Å². The number of aryl methyl sites for hydroxylation is 1. The number of benzene rings is 2. The van der Waals surface area contributed by atoms with Gasteiger partial charge in [0.15, 0.2) is 0 Å². The summed E-state index contributed by atoms with van der Waals surface area (Å²) < 4.78 is 1.03. The van der Waals surface area contributed by atoms with Crippen molar-refractivity contribution in [1.29, 1.82) is 0 Å². The molecule has 0 fully saturated rings. The van der Waals surface area contributed by atoms with Gasteiger partial charge in [-0.2, -0.15) is 0 Å². The van der Waals surface area contributed by atoms with E-state index in [0.717, 1.165) is 14.9 Å². The minimum Gasteiger partial charge on any atom is -0.325 e. The lowest BCUT2D eigenvalue weighted by atomic mass is 10.2. The first kappa shape index (κ1) is 15.9. The normalized spacial score (nSPS) is 10.9. The molecule has 7 heteroatoms. The molecular weight excluding hydrogens is 378 g/mol. The van der Waals surface area contributed by atoms with Gasteiger partial charge in [0.2, 0.25) is 5.91 Å². The van der Waals surface area contributed by atoms with Gasteiger partial charge in [0.1, 0.15) is 0 Å². The largest absolute Gasteiger partial charge is 0.325 e. The molecule has 2 aromatic carbocycles. The minimum atomic E-state index is -0.259. The first-order valence-corrected chi connectivity index (χ1v) is 8.70. The number of carbonyl (C=O) groups excluding carboxylic acids is 1. The number of aromatic nitrogens is 2. The number of rotatable bonds is 4. The number of H-pyrrole nitrogens is 2. The second-order valence-corrected chi connectivity index (χ2v) is 7.02. The van der Waals surface area contributed by atoms with E-state index in [4.69, 9.17) is 0 Å². The standard InChI is InChI=1S/C16H14BrN3O2S/c1-9-6-10(17)2-5-14(9)23-8-15(21)18-11-3-4-12-13(7-11)20-16(22)19-12/h2-7H,8H2,1H3,(H,18,21)(H2,19,20,22). The molecule has 1 heterocycles. The predicted molar refractivity (Wildman–Crippen MR) is 97.2 cm³/mol. The average Bonchev–Trinajstić information content (AvgIpc) is 2.85. The van der Waals surface area contributed by atoms with Crippen LogP contribution in [0.25, 0.3) is 11.0 Å². The number of hydrogen-bond donors (Lipinski definition) is 3. The second-order valence-electron chi connectivity index (χ2n) is 5.09. The Labute approximate surface area is 145 Å². The molecule has 23 heavy (non-hydrogen) atoms. The molecule has 0 unspecified atom stereocenters. The van der Waals surface area contributed by atoms with Gasteiger partial charge in [-0.05, 0) is 48.9 Å². The van der Waals surface area contributed by atoms with E-state index in [0.29, 0.717) is 22.5 Å². The van der Waals surface area contributed by atoms with Crippen LogP contribution in [0.4, 0.5) is 5.69 Å². The molecule has 5 nitrogen and oxygen atoms in total. The number of hydrogen-bond acceptors (Lipinski definition) is 3. The van der Waals surface area contributed by atoms with Gasteiger partial charge in [0, 0.05) is 15.1 Å². The van der Waals surface area contributed by atoms with Crippen molar-refractivity contribution in [2.75, 3.05) is 11.1 Å². The number of fused-ring (bicyclic) bond motifs is 1. The highest BCUT2D eigenvalue weighted by molar-refractivity contribution is 9.10. The van der Waals surface area contributed by atoms with Crippen molar-refractivity contribution in [2.45, 2.75) is 11.8 Å². The number of imidazole rings is 1. The van der Waals surface area contributed by atoms with Crippen LogP contribution in [0.3, 0.4) is 0 Å². The third-order valence-corrected chi connectivity index (χ3v) is 4.96. The summed E-state index contributed by atoms with van der Waals surface area (Å²) in [7, 11) is 0. The summed E-state index contributed by atoms with van der Waals surface area (Å²) in [5.41, 5.74) is 2.91. The Morgan fingerprint density at radius 2 is 1.96 bits per heavy atom. The molecule has 0 spiro atoms. The molecule has 1 amide bonds. The molecule has 1 aromatic heterocycles. The number of halogens is 1. The van der Waals surface area contributed by atoms with E-state index in [1.165, 1.54) is 11.8 Å². The summed E-state index contributed by atoms with van der Waals surface area (Å²) >= 11 is 4.92. The van der Waals surface area contributed by atoms with Crippen molar-refractivity contribution in [3.05, 3.63) is 56.9 Å². The molecule has 0 saturated carbocycles. The quantitative estimate of drug-likeness (QED) is 0.593. The van der Waals surface area contributed by atoms with Crippen LogP contribution in [0.5, 0.6) is 0 Å². The average molecular weight is 392 g/mol. The topological polar surface area (TPSA) is 77.8 Å². The molecule has 3 aromatic rings. The van der Waals surface area contributed by atoms with Crippen molar-refractivity contribution in [3.8, 4) is 0 Å². The van der Waals surface area contributed by atoms with Gasteiger partial charge in [0.25, 0.3) is 0 Å². The first-order valence-electron chi connectivity index (χ1n) is 6.92. The third-order valence-electron chi connectivity index (χ3n) is 3.30. The Morgan fingerprint density at radius 1 is 1.17 bits per heavy atom. The molecule has 3 N–H and O–H groups in total. The maximum Gasteiger partial charge on any atom is 0.323 e. The zero-order valence-electron chi connectivity index (χ0n) is 12.3. The highest BCUT2D eigenvalue weighted by atomic mass is 79.9. The highest BCUT2D eigenvalue weighted by Gasteiger charge is 2.07. The Bertz CT molecular complexity index is 932. The van der Waals surface area contributed by atoms with E-state index in [9.17, 15) is 9.59 Å².